The van der Waals surface area contributed by atoms with Crippen molar-refractivity contribution in [3.05, 3.63) is 30.3 Å². The summed E-state index contributed by atoms with van der Waals surface area (Å²) in [5.74, 6) is 0.669. The summed E-state index contributed by atoms with van der Waals surface area (Å²) in [5.41, 5.74) is 0.929. The molecule has 0 bridgehead atoms. The van der Waals surface area contributed by atoms with Crippen molar-refractivity contribution >= 4 is 6.09 Å². The standard InChI is InChI=1S/C20H25N5O4/c26-20(21-14-9-5-2-6-10-14)29-16-12-28-17-15(11-27-18(16)17)25-19(22-23-24-25)13-7-3-1-4-8-13/h1,3-4,7-8,14-18H,2,5-6,9-12H2,(H,21,26)/t15-,16+,17+,18+/m0/s1. The molecule has 1 saturated carbocycles. The van der Waals surface area contributed by atoms with Crippen LogP contribution in [0.15, 0.2) is 30.3 Å². The van der Waals surface area contributed by atoms with Crippen molar-refractivity contribution in [2.45, 2.75) is 62.5 Å². The highest BCUT2D eigenvalue weighted by atomic mass is 16.6. The number of nitrogens with one attached hydrogen (secondary N) is 1. The summed E-state index contributed by atoms with van der Waals surface area (Å²) >= 11 is 0. The third-order valence-electron chi connectivity index (χ3n) is 6.01. The van der Waals surface area contributed by atoms with Crippen molar-refractivity contribution in [3.8, 4) is 11.4 Å². The van der Waals surface area contributed by atoms with Crippen LogP contribution in [0.25, 0.3) is 11.4 Å². The van der Waals surface area contributed by atoms with Gasteiger partial charge in [-0.05, 0) is 23.3 Å². The molecule has 29 heavy (non-hydrogen) atoms. The molecule has 5 rings (SSSR count). The molecular formula is C20H25N5O4. The van der Waals surface area contributed by atoms with Crippen molar-refractivity contribution in [2.75, 3.05) is 13.2 Å². The number of ether oxygens (including phenoxy) is 3. The molecule has 3 aliphatic rings. The topological polar surface area (TPSA) is 100 Å². The average Bonchev–Trinajstić information content (AvgIpc) is 3.47. The summed E-state index contributed by atoms with van der Waals surface area (Å²) in [5, 5.41) is 15.2. The van der Waals surface area contributed by atoms with E-state index in [0.717, 1.165) is 31.2 Å². The molecule has 0 unspecified atom stereocenters. The van der Waals surface area contributed by atoms with Gasteiger partial charge in [0.1, 0.15) is 18.2 Å². The lowest BCUT2D eigenvalue weighted by Gasteiger charge is -2.24. The average molecular weight is 399 g/mol. The number of aromatic nitrogens is 4. The molecule has 154 valence electrons. The fourth-order valence-corrected chi connectivity index (χ4v) is 4.53. The van der Waals surface area contributed by atoms with Gasteiger partial charge in [-0.2, -0.15) is 0 Å². The van der Waals surface area contributed by atoms with Gasteiger partial charge in [-0.25, -0.2) is 9.48 Å². The van der Waals surface area contributed by atoms with E-state index in [4.69, 9.17) is 14.2 Å². The number of tetrazole rings is 1. The number of hydrogen-bond donors (Lipinski definition) is 1. The van der Waals surface area contributed by atoms with Crippen LogP contribution in [0.2, 0.25) is 0 Å². The maximum atomic E-state index is 12.3. The number of carbonyl (C=O) groups is 1. The highest BCUT2D eigenvalue weighted by molar-refractivity contribution is 5.68. The zero-order valence-electron chi connectivity index (χ0n) is 16.1. The number of carbonyl (C=O) groups excluding carboxylic acids is 1. The first-order valence-electron chi connectivity index (χ1n) is 10.3. The van der Waals surface area contributed by atoms with Crippen LogP contribution in [0.3, 0.4) is 0 Å². The SMILES string of the molecule is O=C(NC1CCCCC1)O[C@@H]1CO[C@H]2[C@@H]1OC[C@@H]2n1nnnc1-c1ccccc1. The van der Waals surface area contributed by atoms with Gasteiger partial charge < -0.3 is 19.5 Å². The number of alkyl carbamates (subject to hydrolysis) is 1. The monoisotopic (exact) mass is 399 g/mol. The van der Waals surface area contributed by atoms with Gasteiger partial charge in [0, 0.05) is 11.6 Å². The molecule has 3 fully saturated rings. The number of hydrogen-bond acceptors (Lipinski definition) is 7. The maximum absolute atomic E-state index is 12.3. The maximum Gasteiger partial charge on any atom is 0.407 e. The second-order valence-electron chi connectivity index (χ2n) is 7.90. The molecule has 1 aromatic carbocycles. The molecule has 4 atom stereocenters. The molecule has 1 N–H and O–H groups in total. The van der Waals surface area contributed by atoms with Crippen molar-refractivity contribution < 1.29 is 19.0 Å². The smallest absolute Gasteiger partial charge is 0.407 e. The quantitative estimate of drug-likeness (QED) is 0.840. The Hall–Kier alpha value is -2.52. The molecule has 0 spiro atoms. The number of nitrogens with zero attached hydrogens (tertiary/aromatic N) is 4. The second-order valence-corrected chi connectivity index (χ2v) is 7.90. The van der Waals surface area contributed by atoms with E-state index in [-0.39, 0.29) is 30.4 Å². The van der Waals surface area contributed by atoms with Gasteiger partial charge in [0.05, 0.1) is 13.2 Å². The Kier molecular flexibility index (Phi) is 5.15. The Labute approximate surface area is 168 Å². The molecule has 0 radical (unpaired) electrons. The lowest BCUT2D eigenvalue weighted by molar-refractivity contribution is 0.00174. The fourth-order valence-electron chi connectivity index (χ4n) is 4.53. The van der Waals surface area contributed by atoms with Crippen LogP contribution < -0.4 is 5.32 Å². The first kappa shape index (κ1) is 18.5. The Balaban J connectivity index is 1.24. The minimum absolute atomic E-state index is 0.166. The predicted octanol–water partition coefficient (Wildman–Crippen LogP) is 2.11. The molecule has 1 aromatic heterocycles. The molecule has 2 saturated heterocycles. The van der Waals surface area contributed by atoms with E-state index in [1.165, 1.54) is 6.42 Å². The van der Waals surface area contributed by atoms with Gasteiger partial charge in [-0.3, -0.25) is 0 Å². The zero-order valence-corrected chi connectivity index (χ0v) is 16.1. The number of rotatable bonds is 4. The Morgan fingerprint density at radius 3 is 2.69 bits per heavy atom. The van der Waals surface area contributed by atoms with Crippen LogP contribution in [-0.2, 0) is 14.2 Å². The van der Waals surface area contributed by atoms with E-state index in [9.17, 15) is 4.79 Å². The van der Waals surface area contributed by atoms with E-state index in [1.807, 2.05) is 30.3 Å². The van der Waals surface area contributed by atoms with Crippen molar-refractivity contribution in [2.24, 2.45) is 0 Å². The third-order valence-corrected chi connectivity index (χ3v) is 6.01. The summed E-state index contributed by atoms with van der Waals surface area (Å²) < 4.78 is 19.3. The van der Waals surface area contributed by atoms with Gasteiger partial charge in [-0.1, -0.05) is 49.6 Å². The van der Waals surface area contributed by atoms with Gasteiger partial charge in [0.15, 0.2) is 11.9 Å². The number of benzene rings is 1. The Morgan fingerprint density at radius 1 is 1.07 bits per heavy atom. The predicted molar refractivity (Wildman–Crippen MR) is 102 cm³/mol. The largest absolute Gasteiger partial charge is 0.441 e. The van der Waals surface area contributed by atoms with Crippen LogP contribution >= 0.6 is 0 Å². The van der Waals surface area contributed by atoms with Crippen LogP contribution in [0.5, 0.6) is 0 Å². The van der Waals surface area contributed by atoms with Crippen molar-refractivity contribution in [3.63, 3.8) is 0 Å². The molecule has 2 aliphatic heterocycles. The normalized spacial score (nSPS) is 29.5. The van der Waals surface area contributed by atoms with Gasteiger partial charge in [0.25, 0.3) is 0 Å². The zero-order chi connectivity index (χ0) is 19.6. The first-order valence-corrected chi connectivity index (χ1v) is 10.3. The number of fused-ring (bicyclic) bond motifs is 1. The Morgan fingerprint density at radius 2 is 1.86 bits per heavy atom. The number of amides is 1. The Bertz CT molecular complexity index is 838. The second kappa shape index (κ2) is 8.08. The van der Waals surface area contributed by atoms with Crippen LogP contribution in [0, 0.1) is 0 Å². The van der Waals surface area contributed by atoms with E-state index in [2.05, 4.69) is 20.8 Å². The summed E-state index contributed by atoms with van der Waals surface area (Å²) in [6.07, 6.45) is 4.20. The molecule has 2 aromatic rings. The highest BCUT2D eigenvalue weighted by Crippen LogP contribution is 2.36. The molecule has 3 heterocycles. The van der Waals surface area contributed by atoms with Gasteiger partial charge >= 0.3 is 6.09 Å². The van der Waals surface area contributed by atoms with Crippen LogP contribution in [0.4, 0.5) is 4.79 Å². The van der Waals surface area contributed by atoms with E-state index in [0.29, 0.717) is 19.0 Å². The van der Waals surface area contributed by atoms with E-state index >= 15 is 0 Å². The van der Waals surface area contributed by atoms with E-state index < -0.39 is 6.10 Å². The summed E-state index contributed by atoms with van der Waals surface area (Å²) in [4.78, 5) is 12.3. The first-order chi connectivity index (χ1) is 14.3. The van der Waals surface area contributed by atoms with Gasteiger partial charge in [0.2, 0.25) is 0 Å². The molecule has 1 amide bonds. The lowest BCUT2D eigenvalue weighted by Crippen LogP contribution is -2.41. The van der Waals surface area contributed by atoms with Crippen LogP contribution in [-0.4, -0.2) is 63.9 Å². The molecule has 1 aliphatic carbocycles. The van der Waals surface area contributed by atoms with Crippen LogP contribution in [0.1, 0.15) is 38.1 Å². The minimum Gasteiger partial charge on any atom is -0.441 e. The lowest BCUT2D eigenvalue weighted by atomic mass is 9.96. The summed E-state index contributed by atoms with van der Waals surface area (Å²) in [7, 11) is 0. The summed E-state index contributed by atoms with van der Waals surface area (Å²) in [6.45, 7) is 0.719. The van der Waals surface area contributed by atoms with E-state index in [1.54, 1.807) is 4.68 Å². The third kappa shape index (κ3) is 3.72. The molecule has 9 heteroatoms. The van der Waals surface area contributed by atoms with Crippen molar-refractivity contribution in [1.29, 1.82) is 0 Å². The van der Waals surface area contributed by atoms with Crippen molar-refractivity contribution in [1.82, 2.24) is 25.5 Å². The molecule has 9 nitrogen and oxygen atoms in total. The molecular weight excluding hydrogens is 374 g/mol. The van der Waals surface area contributed by atoms with Gasteiger partial charge in [-0.15, -0.1) is 5.10 Å². The summed E-state index contributed by atoms with van der Waals surface area (Å²) in [6, 6.07) is 9.82. The highest BCUT2D eigenvalue weighted by Gasteiger charge is 2.51. The minimum atomic E-state index is -0.426. The fraction of sp³-hybridized carbons (Fsp3) is 0.600.